The average molecular weight is 1960 g/mol. The smallest absolute Gasteiger partial charge is 0.409 e. The molecular weight excluding hydrogens is 1790 g/mol. The van der Waals surface area contributed by atoms with Gasteiger partial charge in [0.05, 0.1) is 17.6 Å². The van der Waals surface area contributed by atoms with E-state index in [0.29, 0.717) is 33.0 Å². The van der Waals surface area contributed by atoms with E-state index in [2.05, 4.69) is 65.9 Å². The van der Waals surface area contributed by atoms with Crippen molar-refractivity contribution >= 4 is 59.6 Å². The molecule has 0 aliphatic carbocycles. The summed E-state index contributed by atoms with van der Waals surface area (Å²) in [5, 5.41) is 1.11. The van der Waals surface area contributed by atoms with Crippen LogP contribution in [-0.2, 0) is 131 Å². The number of ether oxygens (including phenoxy) is 9. The van der Waals surface area contributed by atoms with Crippen LogP contribution in [0.3, 0.4) is 0 Å². The molecule has 8 aromatic heterocycles. The molecule has 3 atom stereocenters. The minimum absolute atomic E-state index is 0.147. The molecule has 33 heteroatoms. The third kappa shape index (κ3) is 50.4. The highest BCUT2D eigenvalue weighted by Gasteiger charge is 2.32. The first kappa shape index (κ1) is 121. The lowest BCUT2D eigenvalue weighted by Crippen LogP contribution is -2.33. The first-order chi connectivity index (χ1) is 66.7. The van der Waals surface area contributed by atoms with Gasteiger partial charge in [-0.1, -0.05) is 110 Å². The zero-order valence-electron chi connectivity index (χ0n) is 89.2. The maximum atomic E-state index is 11.7. The van der Waals surface area contributed by atoms with Crippen molar-refractivity contribution in [3.8, 4) is 0 Å². The van der Waals surface area contributed by atoms with E-state index in [-0.39, 0.29) is 78.4 Å². The van der Waals surface area contributed by atoms with Gasteiger partial charge in [0.15, 0.2) is 106 Å². The van der Waals surface area contributed by atoms with Crippen molar-refractivity contribution in [2.75, 3.05) is 126 Å². The van der Waals surface area contributed by atoms with E-state index in [0.717, 1.165) is 88.1 Å². The second-order valence-electron chi connectivity index (χ2n) is 36.7. The Balaban J connectivity index is 0.000000415. The molecule has 10 rings (SSSR count). The SMILES string of the molecule is CC(C)C(OC(=O)N(C)C)c1cc[n+](C)cc1.CC(OC(=O)N(C)C)c1cc[n+](C)cc1.CCCCCCCC[n+]1ccc(COC(=O)N(C)C)cc1.CN(C)C(=O)OC(c1cc[n+](C)cc1)C(C)(C)C.CN(C)C(=O)OCc1cc[n+](C)c2ccccc12.CN(C)C(=O)OCc1cc[n+](Cc2ccccc2)cc1.CN(C)C(=O)OCc1ccc[n+](C)c1.COCCC[n+]1ccc(COC(=O)N(C)C)cc1. The van der Waals surface area contributed by atoms with Crippen molar-refractivity contribution in [1.82, 2.24) is 39.2 Å². The monoisotopic (exact) mass is 1960 g/mol. The van der Waals surface area contributed by atoms with Crippen LogP contribution in [0, 0.1) is 11.3 Å². The first-order valence-corrected chi connectivity index (χ1v) is 47.2. The average Bonchev–Trinajstić information content (AvgIpc) is 0.812. The Hall–Kier alpha value is -14.0. The van der Waals surface area contributed by atoms with Gasteiger partial charge < -0.3 is 81.8 Å². The summed E-state index contributed by atoms with van der Waals surface area (Å²) in [5.74, 6) is 0.242. The number of nitrogens with zero attached hydrogens (tertiary/aromatic N) is 16. The Labute approximate surface area is 838 Å². The van der Waals surface area contributed by atoms with Crippen molar-refractivity contribution in [2.45, 2.75) is 164 Å². The van der Waals surface area contributed by atoms with E-state index in [9.17, 15) is 38.4 Å². The summed E-state index contributed by atoms with van der Waals surface area (Å²) >= 11 is 0. The Morgan fingerprint density at radius 1 is 0.326 bits per heavy atom. The minimum Gasteiger partial charge on any atom is -0.445 e. The summed E-state index contributed by atoms with van der Waals surface area (Å²) in [6.07, 6.45) is 35.2. The number of carbonyl (C=O) groups excluding carboxylic acids is 8. The van der Waals surface area contributed by atoms with E-state index >= 15 is 0 Å². The van der Waals surface area contributed by atoms with Crippen LogP contribution in [0.1, 0.15) is 162 Å². The number of pyridine rings is 8. The molecule has 0 saturated carbocycles. The van der Waals surface area contributed by atoms with E-state index in [1.165, 1.54) is 83.3 Å². The number of fused-ring (bicyclic) bond motifs is 1. The maximum absolute atomic E-state index is 11.7. The summed E-state index contributed by atoms with van der Waals surface area (Å²) < 4.78 is 63.0. The summed E-state index contributed by atoms with van der Waals surface area (Å²) in [7, 11) is 38.3. The third-order valence-electron chi connectivity index (χ3n) is 20.7. The normalized spacial score (nSPS) is 11.0. The van der Waals surface area contributed by atoms with Gasteiger partial charge in [-0.15, -0.1) is 0 Å². The van der Waals surface area contributed by atoms with Crippen LogP contribution in [0.15, 0.2) is 239 Å². The number of hydrogen-bond donors (Lipinski definition) is 0. The van der Waals surface area contributed by atoms with Crippen molar-refractivity contribution in [3.63, 3.8) is 0 Å². The fourth-order valence-corrected chi connectivity index (χ4v) is 12.3. The molecule has 3 unspecified atom stereocenters. The van der Waals surface area contributed by atoms with Gasteiger partial charge in [-0.05, 0) is 31.4 Å². The van der Waals surface area contributed by atoms with Crippen molar-refractivity contribution < 1.29 is 118 Å². The number of hydrogen-bond acceptors (Lipinski definition) is 17. The lowest BCUT2D eigenvalue weighted by atomic mass is 9.85. The zero-order valence-corrected chi connectivity index (χ0v) is 89.2. The Kier molecular flexibility index (Phi) is 56.5. The first-order valence-electron chi connectivity index (χ1n) is 47.2. The predicted molar refractivity (Wildman–Crippen MR) is 539 cm³/mol. The van der Waals surface area contributed by atoms with Crippen LogP contribution < -0.4 is 36.5 Å². The van der Waals surface area contributed by atoms with Crippen LogP contribution in [-0.4, -0.2) is 214 Å². The predicted octanol–water partition coefficient (Wildman–Crippen LogP) is 15.0. The van der Waals surface area contributed by atoms with Crippen LogP contribution in [0.5, 0.6) is 0 Å². The molecule has 0 N–H and O–H groups in total. The van der Waals surface area contributed by atoms with Gasteiger partial charge in [0.2, 0.25) is 5.52 Å². The van der Waals surface area contributed by atoms with Gasteiger partial charge in [-0.2, -0.15) is 0 Å². The number of aryl methyl sites for hydroxylation is 7. The van der Waals surface area contributed by atoms with Crippen molar-refractivity contribution in [2.24, 2.45) is 46.6 Å². The highest BCUT2D eigenvalue weighted by molar-refractivity contribution is 5.79. The number of benzene rings is 2. The van der Waals surface area contributed by atoms with Gasteiger partial charge in [0.25, 0.3) is 0 Å². The standard InChI is InChI=1S/C17H29N2O2.C16H19N2O2.C14H17N2O2.C14H23N2O2.C13H21N2O3.C13H21N2O2.C11H17N2O2.C10H15N2O2/c1-4-5-6-7-8-9-12-19-13-10-16(11-14-19)15-21-17(20)18(2)3;1-17(2)16(19)20-13-15-8-10-18(11-9-15)12-14-6-4-3-5-7-14;1-15(2)14(17)18-10-11-8-9-16(3)13-7-5-4-6-12(11)13;1-14(2,3)12(18-13(17)15(4)5)11-7-9-16(6)10-8-11;1-14(2)13(16)18-11-12-5-8-15(9-6-12)7-4-10-17-3;1-10(2)12(17-13(16)14(3)4)11-6-8-15(5)9-7-11;1-9(15-11(14)12(2)3)10-5-7-13(4)8-6-10;1-11(2)10(13)14-8-9-5-4-6-12(3)7-9/h10-11,13-14H,4-9,12,15H2,1-3H3;3-11H,12-13H2,1-2H3;4-9H,10H2,1-3H3;7-10,12H,1-6H3;5-6,8-9H,4,7,10-11H2,1-3H3;6-10,12H,1-5H3;5-9H,1-4H3;4-7H,8H2,1-3H3/q8*+1. The molecule has 0 bridgehead atoms. The van der Waals surface area contributed by atoms with Gasteiger partial charge in [0, 0.05) is 274 Å². The maximum Gasteiger partial charge on any atom is 0.409 e. The van der Waals surface area contributed by atoms with Gasteiger partial charge in [-0.3, -0.25) is 0 Å². The summed E-state index contributed by atoms with van der Waals surface area (Å²) in [5.41, 5.74) is 10.2. The molecule has 8 amide bonds. The van der Waals surface area contributed by atoms with Crippen molar-refractivity contribution in [1.29, 1.82) is 0 Å². The molecule has 141 heavy (non-hydrogen) atoms. The number of carbonyl (C=O) groups is 8. The number of aromatic nitrogens is 8. The Morgan fingerprint density at radius 2 is 0.688 bits per heavy atom. The van der Waals surface area contributed by atoms with E-state index in [1.54, 1.807) is 120 Å². The molecule has 0 fully saturated rings. The van der Waals surface area contributed by atoms with E-state index in [1.807, 2.05) is 293 Å². The Bertz CT molecular complexity index is 5280. The largest absolute Gasteiger partial charge is 0.445 e. The minimum atomic E-state index is -0.328. The lowest BCUT2D eigenvalue weighted by Gasteiger charge is -2.31. The quantitative estimate of drug-likeness (QED) is 0.0230. The molecule has 0 saturated heterocycles. The van der Waals surface area contributed by atoms with Crippen LogP contribution in [0.4, 0.5) is 38.4 Å². The highest BCUT2D eigenvalue weighted by atomic mass is 16.6. The molecule has 33 nitrogen and oxygen atoms in total. The second kappa shape index (κ2) is 65.8. The van der Waals surface area contributed by atoms with Crippen LogP contribution in [0.2, 0.25) is 0 Å². The van der Waals surface area contributed by atoms with Gasteiger partial charge in [-0.25, -0.2) is 74.9 Å². The molecule has 0 spiro atoms. The molecular formula is C108H162N16O17+8. The van der Waals surface area contributed by atoms with Gasteiger partial charge >= 0.3 is 48.7 Å². The van der Waals surface area contributed by atoms with Crippen LogP contribution >= 0.6 is 0 Å². The number of amides is 8. The summed E-state index contributed by atoms with van der Waals surface area (Å²) in [6.45, 7) is 19.5. The summed E-state index contributed by atoms with van der Waals surface area (Å²) in [6, 6.07) is 47.8. The lowest BCUT2D eigenvalue weighted by molar-refractivity contribution is -0.697. The molecule has 10 aromatic rings. The fourth-order valence-electron chi connectivity index (χ4n) is 12.3. The topological polar surface area (TPSA) is 277 Å². The fraction of sp³-hybridized carbons (Fsp3) is 0.463. The summed E-state index contributed by atoms with van der Waals surface area (Å²) in [4.78, 5) is 102. The molecule has 0 radical (unpaired) electrons. The van der Waals surface area contributed by atoms with E-state index in [4.69, 9.17) is 42.6 Å². The second-order valence-corrected chi connectivity index (χ2v) is 36.7. The number of methoxy groups -OCH3 is 1. The number of unbranched alkanes of at least 4 members (excludes halogenated alkanes) is 5. The van der Waals surface area contributed by atoms with Gasteiger partial charge in [0.1, 0.15) is 93.1 Å². The Morgan fingerprint density at radius 3 is 1.10 bits per heavy atom. The third-order valence-corrected chi connectivity index (χ3v) is 20.7. The molecule has 768 valence electrons. The van der Waals surface area contributed by atoms with E-state index < -0.39 is 0 Å². The molecule has 0 aliphatic heterocycles. The van der Waals surface area contributed by atoms with Crippen molar-refractivity contribution in [3.05, 3.63) is 289 Å². The van der Waals surface area contributed by atoms with Crippen LogP contribution in [0.25, 0.3) is 10.9 Å². The molecule has 8 heterocycles. The number of para-hydroxylation sites is 1. The zero-order chi connectivity index (χ0) is 105. The number of rotatable bonds is 30. The highest BCUT2D eigenvalue weighted by Crippen LogP contribution is 2.36. The molecule has 2 aromatic carbocycles. The molecule has 0 aliphatic rings.